The van der Waals surface area contributed by atoms with E-state index in [-0.39, 0.29) is 17.6 Å². The maximum absolute atomic E-state index is 11.1. The van der Waals surface area contributed by atoms with Crippen molar-refractivity contribution < 1.29 is 19.7 Å². The van der Waals surface area contributed by atoms with Crippen LogP contribution < -0.4 is 0 Å². The maximum atomic E-state index is 11.1. The second-order valence-corrected chi connectivity index (χ2v) is 8.22. The third-order valence-electron chi connectivity index (χ3n) is 6.25. The molecule has 2 N–H and O–H groups in total. The van der Waals surface area contributed by atoms with Crippen molar-refractivity contribution in [3.63, 3.8) is 0 Å². The second-order valence-electron chi connectivity index (χ2n) is 8.22. The SMILES string of the molecule is Oc1c(O)c(-c2ccccc2)c2c(c1CC1CO1)-c1c(cccc1CC1CO1)C2. The number of hydrogen-bond donors (Lipinski definition) is 2. The van der Waals surface area contributed by atoms with Gasteiger partial charge in [0, 0.05) is 24.0 Å². The van der Waals surface area contributed by atoms with Crippen molar-refractivity contribution in [2.45, 2.75) is 31.5 Å². The van der Waals surface area contributed by atoms with Gasteiger partial charge in [-0.3, -0.25) is 0 Å². The van der Waals surface area contributed by atoms with Crippen LogP contribution in [0, 0.1) is 0 Å². The summed E-state index contributed by atoms with van der Waals surface area (Å²) in [5.41, 5.74) is 8.36. The van der Waals surface area contributed by atoms with Gasteiger partial charge in [0.1, 0.15) is 0 Å². The highest BCUT2D eigenvalue weighted by atomic mass is 16.6. The third kappa shape index (κ3) is 2.83. The van der Waals surface area contributed by atoms with Crippen LogP contribution in [-0.2, 0) is 28.7 Å². The van der Waals surface area contributed by atoms with Gasteiger partial charge in [-0.1, -0.05) is 48.5 Å². The Bertz CT molecular complexity index is 1110. The molecule has 0 aromatic heterocycles. The van der Waals surface area contributed by atoms with Gasteiger partial charge in [0.05, 0.1) is 25.4 Å². The van der Waals surface area contributed by atoms with Crippen LogP contribution >= 0.6 is 0 Å². The van der Waals surface area contributed by atoms with Gasteiger partial charge in [0.2, 0.25) is 0 Å². The predicted octanol–water partition coefficient (Wildman–Crippen LogP) is 4.22. The third-order valence-corrected chi connectivity index (χ3v) is 6.25. The van der Waals surface area contributed by atoms with Gasteiger partial charge < -0.3 is 19.7 Å². The van der Waals surface area contributed by atoms with E-state index in [1.54, 1.807) is 0 Å². The second kappa shape index (κ2) is 6.34. The summed E-state index contributed by atoms with van der Waals surface area (Å²) >= 11 is 0. The van der Waals surface area contributed by atoms with Crippen molar-refractivity contribution in [2.24, 2.45) is 0 Å². The summed E-state index contributed by atoms with van der Waals surface area (Å²) in [4.78, 5) is 0. The number of benzene rings is 3. The van der Waals surface area contributed by atoms with E-state index in [0.29, 0.717) is 19.1 Å². The highest BCUT2D eigenvalue weighted by Crippen LogP contribution is 2.54. The Hall–Kier alpha value is -2.82. The van der Waals surface area contributed by atoms with Gasteiger partial charge in [0.15, 0.2) is 11.5 Å². The molecular formula is C25H22O4. The fourth-order valence-corrected chi connectivity index (χ4v) is 4.75. The number of aromatic hydroxyl groups is 2. The van der Waals surface area contributed by atoms with E-state index in [4.69, 9.17) is 9.47 Å². The summed E-state index contributed by atoms with van der Waals surface area (Å²) in [7, 11) is 0. The van der Waals surface area contributed by atoms with E-state index in [9.17, 15) is 10.2 Å². The first-order chi connectivity index (χ1) is 14.2. The fourth-order valence-electron chi connectivity index (χ4n) is 4.75. The molecule has 2 unspecified atom stereocenters. The largest absolute Gasteiger partial charge is 0.504 e. The summed E-state index contributed by atoms with van der Waals surface area (Å²) in [6.45, 7) is 1.52. The number of ether oxygens (including phenoxy) is 2. The number of rotatable bonds is 5. The molecule has 0 saturated carbocycles. The van der Waals surface area contributed by atoms with Gasteiger partial charge in [-0.15, -0.1) is 0 Å². The lowest BCUT2D eigenvalue weighted by Gasteiger charge is -2.19. The van der Waals surface area contributed by atoms with E-state index < -0.39 is 0 Å². The minimum Gasteiger partial charge on any atom is -0.504 e. The van der Waals surface area contributed by atoms with Gasteiger partial charge in [-0.2, -0.15) is 0 Å². The monoisotopic (exact) mass is 386 g/mol. The summed E-state index contributed by atoms with van der Waals surface area (Å²) in [5, 5.41) is 22.1. The van der Waals surface area contributed by atoms with E-state index in [1.807, 2.05) is 30.3 Å². The Morgan fingerprint density at radius 1 is 0.759 bits per heavy atom. The molecule has 3 aliphatic rings. The van der Waals surface area contributed by atoms with Crippen molar-refractivity contribution >= 4 is 0 Å². The van der Waals surface area contributed by atoms with Crippen molar-refractivity contribution in [3.8, 4) is 33.8 Å². The summed E-state index contributed by atoms with van der Waals surface area (Å²) in [6, 6.07) is 16.3. The number of phenols is 2. The van der Waals surface area contributed by atoms with Crippen molar-refractivity contribution in [1.29, 1.82) is 0 Å². The molecule has 4 nitrogen and oxygen atoms in total. The molecule has 3 aromatic rings. The van der Waals surface area contributed by atoms with Crippen LogP contribution in [-0.4, -0.2) is 35.6 Å². The number of epoxide rings is 2. The lowest BCUT2D eigenvalue weighted by Crippen LogP contribution is -2.02. The summed E-state index contributed by atoms with van der Waals surface area (Å²) in [6.07, 6.45) is 2.66. The van der Waals surface area contributed by atoms with E-state index >= 15 is 0 Å². The van der Waals surface area contributed by atoms with Crippen LogP contribution in [0.4, 0.5) is 0 Å². The zero-order chi connectivity index (χ0) is 19.5. The zero-order valence-corrected chi connectivity index (χ0v) is 16.0. The number of phenolic OH excluding ortho intramolecular Hbond substituents is 2. The summed E-state index contributed by atoms with van der Waals surface area (Å²) in [5.74, 6) is -0.0334. The molecule has 146 valence electrons. The first-order valence-corrected chi connectivity index (χ1v) is 10.2. The molecule has 6 rings (SSSR count). The quantitative estimate of drug-likeness (QED) is 0.398. The Balaban J connectivity index is 1.63. The van der Waals surface area contributed by atoms with Crippen LogP contribution in [0.2, 0.25) is 0 Å². The minimum atomic E-state index is -0.0227. The molecule has 4 heteroatoms. The van der Waals surface area contributed by atoms with Crippen LogP contribution in [0.15, 0.2) is 48.5 Å². The standard InChI is InChI=1S/C25H22O4/c26-24-20(11-18-13-29-18)23-19(22(25(24)27)14-5-2-1-3-6-14)10-16-8-4-7-15(21(16)23)9-17-12-28-17/h1-8,17-18,26-27H,9-13H2. The normalized spacial score (nSPS) is 21.0. The molecule has 0 bridgehead atoms. The van der Waals surface area contributed by atoms with E-state index in [2.05, 4.69) is 18.2 Å². The average Bonchev–Trinajstić information content (AvgIpc) is 3.66. The Kier molecular flexibility index (Phi) is 3.73. The van der Waals surface area contributed by atoms with Crippen LogP contribution in [0.1, 0.15) is 22.3 Å². The molecule has 0 amide bonds. The van der Waals surface area contributed by atoms with Gasteiger partial charge in [0.25, 0.3) is 0 Å². The lowest BCUT2D eigenvalue weighted by atomic mass is 9.87. The highest BCUT2D eigenvalue weighted by molar-refractivity contribution is 5.93. The summed E-state index contributed by atoms with van der Waals surface area (Å²) < 4.78 is 11.0. The molecule has 3 aromatic carbocycles. The van der Waals surface area contributed by atoms with Gasteiger partial charge in [-0.05, 0) is 39.8 Å². The fraction of sp³-hybridized carbons (Fsp3) is 0.280. The molecule has 2 heterocycles. The van der Waals surface area contributed by atoms with E-state index in [0.717, 1.165) is 47.3 Å². The van der Waals surface area contributed by atoms with Crippen molar-refractivity contribution in [3.05, 3.63) is 70.8 Å². The first kappa shape index (κ1) is 17.1. The van der Waals surface area contributed by atoms with E-state index in [1.165, 1.54) is 16.7 Å². The van der Waals surface area contributed by atoms with Gasteiger partial charge in [-0.25, -0.2) is 0 Å². The van der Waals surface area contributed by atoms with Crippen LogP contribution in [0.25, 0.3) is 22.3 Å². The molecular weight excluding hydrogens is 364 g/mol. The van der Waals surface area contributed by atoms with Crippen molar-refractivity contribution in [1.82, 2.24) is 0 Å². The topological polar surface area (TPSA) is 65.5 Å². The van der Waals surface area contributed by atoms with Crippen LogP contribution in [0.5, 0.6) is 11.5 Å². The minimum absolute atomic E-state index is 0.0107. The average molecular weight is 386 g/mol. The highest BCUT2D eigenvalue weighted by Gasteiger charge is 2.36. The number of fused-ring (bicyclic) bond motifs is 3. The van der Waals surface area contributed by atoms with Gasteiger partial charge >= 0.3 is 0 Å². The maximum Gasteiger partial charge on any atom is 0.166 e. The number of hydrogen-bond acceptors (Lipinski definition) is 4. The molecule has 2 aliphatic heterocycles. The Morgan fingerprint density at radius 2 is 1.48 bits per heavy atom. The Morgan fingerprint density at radius 3 is 2.21 bits per heavy atom. The molecule has 1 aliphatic carbocycles. The molecule has 29 heavy (non-hydrogen) atoms. The lowest BCUT2D eigenvalue weighted by molar-refractivity contribution is 0.387. The molecule has 2 atom stereocenters. The smallest absolute Gasteiger partial charge is 0.166 e. The predicted molar refractivity (Wildman–Crippen MR) is 110 cm³/mol. The first-order valence-electron chi connectivity index (χ1n) is 10.2. The van der Waals surface area contributed by atoms with Crippen LogP contribution in [0.3, 0.4) is 0 Å². The van der Waals surface area contributed by atoms with Crippen molar-refractivity contribution in [2.75, 3.05) is 13.2 Å². The zero-order valence-electron chi connectivity index (χ0n) is 16.0. The Labute approximate surface area is 169 Å². The molecule has 0 radical (unpaired) electrons. The molecule has 2 fully saturated rings. The molecule has 0 spiro atoms. The molecule has 2 saturated heterocycles.